The first-order chi connectivity index (χ1) is 20.1. The first-order valence-corrected chi connectivity index (χ1v) is 15.3. The van der Waals surface area contributed by atoms with E-state index in [0.717, 1.165) is 121 Å². The average molecular weight is 558 g/mol. The van der Waals surface area contributed by atoms with Gasteiger partial charge in [0.25, 0.3) is 0 Å². The molecule has 1 aromatic heterocycles. The van der Waals surface area contributed by atoms with E-state index in [1.807, 2.05) is 0 Å². The standard InChI is InChI=1S/C33H47N7O/c1-4-29(12-11-27(2)40-19-17-37(3)18-20-40)32-30-26-39(25-28-9-6-5-7-10-28)16-13-31(30)35-33(36-32)34-14-8-15-38-21-23-41-24-22-38/h4-7,9-12H,2,8,13-26H2,1,3H3,(H,34,35,36)/b12-11-,29-4+. The van der Waals surface area contributed by atoms with E-state index in [2.05, 4.69) is 94.0 Å². The van der Waals surface area contributed by atoms with Crippen molar-refractivity contribution in [3.05, 3.63) is 83.4 Å². The molecule has 3 aliphatic rings. The largest absolute Gasteiger partial charge is 0.379 e. The summed E-state index contributed by atoms with van der Waals surface area (Å²) in [6, 6.07) is 10.7. The van der Waals surface area contributed by atoms with Crippen LogP contribution in [-0.4, -0.2) is 109 Å². The van der Waals surface area contributed by atoms with Gasteiger partial charge >= 0.3 is 0 Å². The Hall–Kier alpha value is -3.04. The molecule has 0 amide bonds. The van der Waals surface area contributed by atoms with E-state index in [-0.39, 0.29) is 0 Å². The molecule has 3 aliphatic heterocycles. The highest BCUT2D eigenvalue weighted by molar-refractivity contribution is 5.75. The average Bonchev–Trinajstić information content (AvgIpc) is 3.01. The topological polar surface area (TPSA) is 60.0 Å². The molecule has 0 atom stereocenters. The molecule has 0 spiro atoms. The van der Waals surface area contributed by atoms with Crippen LogP contribution < -0.4 is 5.32 Å². The molecule has 41 heavy (non-hydrogen) atoms. The Morgan fingerprint density at radius 1 is 0.976 bits per heavy atom. The number of nitrogens with zero attached hydrogens (tertiary/aromatic N) is 6. The van der Waals surface area contributed by atoms with E-state index in [4.69, 9.17) is 14.7 Å². The third-order valence-electron chi connectivity index (χ3n) is 8.38. The quantitative estimate of drug-likeness (QED) is 0.330. The molecule has 8 heteroatoms. The van der Waals surface area contributed by atoms with Crippen molar-refractivity contribution in [2.75, 3.05) is 84.5 Å². The van der Waals surface area contributed by atoms with Gasteiger partial charge in [0.1, 0.15) is 0 Å². The molecule has 5 rings (SSSR count). The predicted molar refractivity (Wildman–Crippen MR) is 168 cm³/mol. The van der Waals surface area contributed by atoms with Crippen molar-refractivity contribution >= 4 is 11.5 Å². The lowest BCUT2D eigenvalue weighted by Gasteiger charge is -2.34. The minimum absolute atomic E-state index is 0.739. The fourth-order valence-corrected chi connectivity index (χ4v) is 5.79. The van der Waals surface area contributed by atoms with Crippen LogP contribution in [-0.2, 0) is 24.2 Å². The minimum atomic E-state index is 0.739. The Balaban J connectivity index is 1.32. The third-order valence-corrected chi connectivity index (χ3v) is 8.38. The van der Waals surface area contributed by atoms with Crippen LogP contribution in [0.2, 0.25) is 0 Å². The number of allylic oxidation sites excluding steroid dienone is 4. The van der Waals surface area contributed by atoms with Crippen molar-refractivity contribution in [3.8, 4) is 0 Å². The van der Waals surface area contributed by atoms with Gasteiger partial charge in [0, 0.05) is 83.1 Å². The summed E-state index contributed by atoms with van der Waals surface area (Å²) in [6.07, 6.45) is 8.52. The van der Waals surface area contributed by atoms with E-state index in [1.165, 1.54) is 16.8 Å². The highest BCUT2D eigenvalue weighted by atomic mass is 16.5. The van der Waals surface area contributed by atoms with Crippen LogP contribution >= 0.6 is 0 Å². The van der Waals surface area contributed by atoms with Crippen molar-refractivity contribution in [2.24, 2.45) is 0 Å². The Morgan fingerprint density at radius 3 is 2.51 bits per heavy atom. The molecular weight excluding hydrogens is 510 g/mol. The van der Waals surface area contributed by atoms with Gasteiger partial charge < -0.3 is 19.9 Å². The van der Waals surface area contributed by atoms with Crippen LogP contribution in [0.3, 0.4) is 0 Å². The summed E-state index contributed by atoms with van der Waals surface area (Å²) < 4.78 is 5.49. The fourth-order valence-electron chi connectivity index (χ4n) is 5.79. The van der Waals surface area contributed by atoms with Crippen molar-refractivity contribution in [3.63, 3.8) is 0 Å². The Labute approximate surface area is 246 Å². The molecule has 0 saturated carbocycles. The second kappa shape index (κ2) is 14.7. The monoisotopic (exact) mass is 557 g/mol. The van der Waals surface area contributed by atoms with Crippen molar-refractivity contribution < 1.29 is 4.74 Å². The maximum atomic E-state index is 5.49. The van der Waals surface area contributed by atoms with E-state index in [9.17, 15) is 0 Å². The van der Waals surface area contributed by atoms with Crippen molar-refractivity contribution in [2.45, 2.75) is 32.9 Å². The zero-order valence-corrected chi connectivity index (χ0v) is 25.0. The van der Waals surface area contributed by atoms with Gasteiger partial charge in [-0.1, -0.05) is 49.1 Å². The van der Waals surface area contributed by atoms with Crippen molar-refractivity contribution in [1.29, 1.82) is 0 Å². The van der Waals surface area contributed by atoms with E-state index < -0.39 is 0 Å². The number of fused-ring (bicyclic) bond motifs is 1. The fraction of sp³-hybridized carbons (Fsp3) is 0.515. The number of rotatable bonds is 11. The second-order valence-electron chi connectivity index (χ2n) is 11.4. The van der Waals surface area contributed by atoms with Gasteiger partial charge in [0.05, 0.1) is 24.6 Å². The normalized spacial score (nSPS) is 19.5. The molecule has 2 aromatic rings. The number of aromatic nitrogens is 2. The number of morpholine rings is 1. The molecule has 2 fully saturated rings. The molecular formula is C33H47N7O. The summed E-state index contributed by atoms with van der Waals surface area (Å²) in [6.45, 7) is 19.1. The Bertz CT molecular complexity index is 1200. The zero-order chi connectivity index (χ0) is 28.4. The lowest BCUT2D eigenvalue weighted by Crippen LogP contribution is -2.43. The van der Waals surface area contributed by atoms with E-state index in [1.54, 1.807) is 0 Å². The first kappa shape index (κ1) is 29.5. The molecule has 2 saturated heterocycles. The summed E-state index contributed by atoms with van der Waals surface area (Å²) in [5.41, 5.74) is 6.97. The lowest BCUT2D eigenvalue weighted by molar-refractivity contribution is 0.0378. The highest BCUT2D eigenvalue weighted by Crippen LogP contribution is 2.29. The summed E-state index contributed by atoms with van der Waals surface area (Å²) in [5.74, 6) is 0.739. The third kappa shape index (κ3) is 8.26. The minimum Gasteiger partial charge on any atom is -0.379 e. The van der Waals surface area contributed by atoms with E-state index in [0.29, 0.717) is 0 Å². The summed E-state index contributed by atoms with van der Waals surface area (Å²) in [7, 11) is 2.18. The Kier molecular flexibility index (Phi) is 10.6. The van der Waals surface area contributed by atoms with Crippen molar-refractivity contribution in [1.82, 2.24) is 29.6 Å². The molecule has 1 aromatic carbocycles. The number of ether oxygens (including phenoxy) is 1. The predicted octanol–water partition coefficient (Wildman–Crippen LogP) is 3.89. The van der Waals surface area contributed by atoms with Crippen LogP contribution in [0, 0.1) is 0 Å². The van der Waals surface area contributed by atoms with Crippen LogP contribution in [0.1, 0.15) is 35.9 Å². The number of nitrogens with one attached hydrogen (secondary N) is 1. The maximum absolute atomic E-state index is 5.49. The summed E-state index contributed by atoms with van der Waals surface area (Å²) in [4.78, 5) is 19.9. The molecule has 0 aliphatic carbocycles. The van der Waals surface area contributed by atoms with Gasteiger partial charge in [0.2, 0.25) is 5.95 Å². The first-order valence-electron chi connectivity index (χ1n) is 15.3. The SMILES string of the molecule is C=C(/C=C\C(=C/C)c1nc(NCCCN2CCOCC2)nc2c1CN(Cc1ccccc1)CC2)N1CCN(C)CC1. The zero-order valence-electron chi connectivity index (χ0n) is 25.0. The summed E-state index contributed by atoms with van der Waals surface area (Å²) >= 11 is 0. The van der Waals surface area contributed by atoms with Crippen LogP contribution in [0.4, 0.5) is 5.95 Å². The molecule has 8 nitrogen and oxygen atoms in total. The lowest BCUT2D eigenvalue weighted by atomic mass is 9.98. The van der Waals surface area contributed by atoms with Crippen LogP contribution in [0.25, 0.3) is 5.57 Å². The molecule has 0 unspecified atom stereocenters. The molecule has 1 N–H and O–H groups in total. The Morgan fingerprint density at radius 2 is 1.76 bits per heavy atom. The van der Waals surface area contributed by atoms with Gasteiger partial charge in [-0.05, 0) is 44.1 Å². The highest BCUT2D eigenvalue weighted by Gasteiger charge is 2.24. The van der Waals surface area contributed by atoms with Crippen LogP contribution in [0.15, 0.2) is 60.8 Å². The van der Waals surface area contributed by atoms with Gasteiger partial charge in [-0.15, -0.1) is 0 Å². The van der Waals surface area contributed by atoms with Gasteiger partial charge in [-0.3, -0.25) is 9.80 Å². The van der Waals surface area contributed by atoms with Gasteiger partial charge in [0.15, 0.2) is 0 Å². The number of anilines is 1. The molecule has 4 heterocycles. The smallest absolute Gasteiger partial charge is 0.223 e. The number of benzene rings is 1. The maximum Gasteiger partial charge on any atom is 0.223 e. The number of hydrogen-bond donors (Lipinski definition) is 1. The van der Waals surface area contributed by atoms with E-state index >= 15 is 0 Å². The van der Waals surface area contributed by atoms with Crippen LogP contribution in [0.5, 0.6) is 0 Å². The summed E-state index contributed by atoms with van der Waals surface area (Å²) in [5, 5.41) is 3.55. The molecule has 220 valence electrons. The molecule has 0 bridgehead atoms. The number of piperazine rings is 1. The molecule has 0 radical (unpaired) electrons. The second-order valence-corrected chi connectivity index (χ2v) is 11.4. The number of likely N-dealkylation sites (N-methyl/N-ethyl adjacent to an activating group) is 1. The number of hydrogen-bond acceptors (Lipinski definition) is 8. The van der Waals surface area contributed by atoms with Gasteiger partial charge in [-0.25, -0.2) is 9.97 Å². The van der Waals surface area contributed by atoms with Gasteiger partial charge in [-0.2, -0.15) is 0 Å².